The minimum atomic E-state index is -4.00. The number of nitrogens with zero attached hydrogens (tertiary/aromatic N) is 3. The molecule has 146 valence electrons. The van der Waals surface area contributed by atoms with Gasteiger partial charge in [0.15, 0.2) is 10.6 Å². The number of aromatic amines is 1. The van der Waals surface area contributed by atoms with Crippen molar-refractivity contribution in [1.82, 2.24) is 10.3 Å². The number of sulfone groups is 1. The van der Waals surface area contributed by atoms with Crippen LogP contribution in [-0.4, -0.2) is 23.6 Å². The molecule has 0 spiro atoms. The fourth-order valence-electron chi connectivity index (χ4n) is 2.48. The van der Waals surface area contributed by atoms with E-state index in [0.29, 0.717) is 10.9 Å². The number of allylic oxidation sites excluding steroid dienone is 1. The Bertz CT molecular complexity index is 1280. The number of para-hydroxylation sites is 1. The number of nitrogens with one attached hydrogen (secondary N) is 2. The average molecular weight is 425 g/mol. The van der Waals surface area contributed by atoms with E-state index < -0.39 is 14.7 Å². The monoisotopic (exact) mass is 425 g/mol. The largest absolute Gasteiger partial charge is 0.493 e. The summed E-state index contributed by atoms with van der Waals surface area (Å²) in [5, 5.41) is 29.8. The van der Waals surface area contributed by atoms with E-state index in [-0.39, 0.29) is 21.6 Å². The smallest absolute Gasteiger partial charge is 0.218 e. The van der Waals surface area contributed by atoms with Crippen molar-refractivity contribution in [3.63, 3.8) is 0 Å². The number of H-pyrrole nitrogens is 1. The lowest BCUT2D eigenvalue weighted by Gasteiger charge is -2.04. The van der Waals surface area contributed by atoms with Crippen LogP contribution in [0.15, 0.2) is 74.8 Å². The average Bonchev–Trinajstić information content (AvgIpc) is 3.02. The summed E-state index contributed by atoms with van der Waals surface area (Å²) in [4.78, 5) is 2.23. The van der Waals surface area contributed by atoms with Gasteiger partial charge in [0.1, 0.15) is 6.07 Å². The van der Waals surface area contributed by atoms with Gasteiger partial charge in [-0.25, -0.2) is 8.42 Å². The van der Waals surface area contributed by atoms with Crippen molar-refractivity contribution < 1.29 is 13.5 Å². The second kappa shape index (κ2) is 8.22. The van der Waals surface area contributed by atoms with Crippen molar-refractivity contribution in [2.75, 3.05) is 0 Å². The Morgan fingerprint density at radius 3 is 2.62 bits per heavy atom. The van der Waals surface area contributed by atoms with E-state index in [1.165, 1.54) is 12.1 Å². The molecule has 0 bridgehead atoms. The molecule has 0 atom stereocenters. The van der Waals surface area contributed by atoms with Crippen molar-refractivity contribution in [3.05, 3.63) is 65.2 Å². The van der Waals surface area contributed by atoms with Gasteiger partial charge >= 0.3 is 0 Å². The number of benzene rings is 2. The SMILES string of the molecule is Cc1ccc(S(=O)(=O)/C(C#N)=C/NC(=S)N=Nc2c(O)[nH]c3ccccc23)cc1. The quantitative estimate of drug-likeness (QED) is 0.329. The first kappa shape index (κ1) is 20.2. The van der Waals surface area contributed by atoms with Gasteiger partial charge in [0.2, 0.25) is 20.8 Å². The van der Waals surface area contributed by atoms with Gasteiger partial charge in [-0.3, -0.25) is 0 Å². The Hall–Kier alpha value is -3.55. The van der Waals surface area contributed by atoms with E-state index in [1.807, 2.05) is 6.92 Å². The van der Waals surface area contributed by atoms with Crippen LogP contribution in [0.5, 0.6) is 5.88 Å². The lowest BCUT2D eigenvalue weighted by atomic mass is 10.2. The van der Waals surface area contributed by atoms with Crippen LogP contribution in [0.1, 0.15) is 5.56 Å². The second-order valence-corrected chi connectivity index (χ2v) is 8.26. The van der Waals surface area contributed by atoms with Gasteiger partial charge in [-0.05, 0) is 37.3 Å². The zero-order valence-corrected chi connectivity index (χ0v) is 16.8. The minimum Gasteiger partial charge on any atom is -0.493 e. The Labute approximate surface area is 172 Å². The lowest BCUT2D eigenvalue weighted by molar-refractivity contribution is 0.459. The molecule has 0 aliphatic carbocycles. The zero-order chi connectivity index (χ0) is 21.0. The molecule has 8 nitrogen and oxygen atoms in total. The van der Waals surface area contributed by atoms with Crippen LogP contribution in [0.25, 0.3) is 10.9 Å². The fourth-order valence-corrected chi connectivity index (χ4v) is 3.66. The summed E-state index contributed by atoms with van der Waals surface area (Å²) in [7, 11) is -4.00. The molecule has 3 rings (SSSR count). The molecular weight excluding hydrogens is 410 g/mol. The van der Waals surface area contributed by atoms with Crippen LogP contribution in [0.2, 0.25) is 0 Å². The summed E-state index contributed by atoms with van der Waals surface area (Å²) in [5.74, 6) is -0.173. The Kier molecular flexibility index (Phi) is 5.72. The molecule has 0 saturated heterocycles. The summed E-state index contributed by atoms with van der Waals surface area (Å²) < 4.78 is 25.1. The minimum absolute atomic E-state index is 0.00559. The van der Waals surface area contributed by atoms with Gasteiger partial charge in [-0.1, -0.05) is 35.9 Å². The maximum atomic E-state index is 12.6. The van der Waals surface area contributed by atoms with E-state index in [2.05, 4.69) is 20.5 Å². The van der Waals surface area contributed by atoms with E-state index in [1.54, 1.807) is 42.5 Å². The molecule has 0 aliphatic heterocycles. The highest BCUT2D eigenvalue weighted by Crippen LogP contribution is 2.35. The Morgan fingerprint density at radius 1 is 1.24 bits per heavy atom. The summed E-state index contributed by atoms with van der Waals surface area (Å²) in [6.07, 6.45) is 0.964. The van der Waals surface area contributed by atoms with Crippen molar-refractivity contribution in [2.24, 2.45) is 10.2 Å². The number of aromatic hydroxyl groups is 1. The number of aryl methyl sites for hydroxylation is 1. The molecule has 29 heavy (non-hydrogen) atoms. The number of thiocarbonyl (C=S) groups is 1. The summed E-state index contributed by atoms with van der Waals surface area (Å²) in [6, 6.07) is 14.9. The third-order valence-electron chi connectivity index (χ3n) is 3.96. The van der Waals surface area contributed by atoms with Crippen LogP contribution >= 0.6 is 12.2 Å². The van der Waals surface area contributed by atoms with Gasteiger partial charge in [0, 0.05) is 11.6 Å². The van der Waals surface area contributed by atoms with Crippen molar-refractivity contribution in [3.8, 4) is 11.9 Å². The zero-order valence-electron chi connectivity index (χ0n) is 15.1. The lowest BCUT2D eigenvalue weighted by Crippen LogP contribution is -2.14. The molecule has 0 radical (unpaired) electrons. The number of fused-ring (bicyclic) bond motifs is 1. The van der Waals surface area contributed by atoms with E-state index in [0.717, 1.165) is 11.8 Å². The van der Waals surface area contributed by atoms with Crippen LogP contribution < -0.4 is 5.32 Å². The predicted octanol–water partition coefficient (Wildman–Crippen LogP) is 3.98. The van der Waals surface area contributed by atoms with Crippen molar-refractivity contribution in [2.45, 2.75) is 11.8 Å². The van der Waals surface area contributed by atoms with Crippen molar-refractivity contribution in [1.29, 1.82) is 5.26 Å². The van der Waals surface area contributed by atoms with Crippen LogP contribution in [0, 0.1) is 18.3 Å². The predicted molar refractivity (Wildman–Crippen MR) is 112 cm³/mol. The highest BCUT2D eigenvalue weighted by molar-refractivity contribution is 7.95. The molecule has 1 aromatic heterocycles. The summed E-state index contributed by atoms with van der Waals surface area (Å²) >= 11 is 5.00. The topological polar surface area (TPSA) is 131 Å². The summed E-state index contributed by atoms with van der Waals surface area (Å²) in [6.45, 7) is 1.83. The normalized spacial score (nSPS) is 12.2. The van der Waals surface area contributed by atoms with Crippen LogP contribution in [-0.2, 0) is 9.84 Å². The third-order valence-corrected chi connectivity index (χ3v) is 5.84. The number of rotatable bonds is 4. The third kappa shape index (κ3) is 4.31. The molecular formula is C19H15N5O3S2. The second-order valence-electron chi connectivity index (χ2n) is 5.95. The Morgan fingerprint density at radius 2 is 1.93 bits per heavy atom. The van der Waals surface area contributed by atoms with Gasteiger partial charge < -0.3 is 15.4 Å². The van der Waals surface area contributed by atoms with E-state index in [9.17, 15) is 18.8 Å². The molecule has 0 aliphatic rings. The molecule has 3 aromatic rings. The number of aromatic nitrogens is 1. The highest BCUT2D eigenvalue weighted by Gasteiger charge is 2.20. The number of hydrogen-bond donors (Lipinski definition) is 3. The van der Waals surface area contributed by atoms with E-state index in [4.69, 9.17) is 12.2 Å². The maximum Gasteiger partial charge on any atom is 0.218 e. The van der Waals surface area contributed by atoms with Crippen LogP contribution in [0.3, 0.4) is 0 Å². The van der Waals surface area contributed by atoms with E-state index >= 15 is 0 Å². The van der Waals surface area contributed by atoms with Gasteiger partial charge in [-0.15, -0.1) is 10.2 Å². The molecule has 0 unspecified atom stereocenters. The molecule has 0 fully saturated rings. The Balaban J connectivity index is 1.79. The van der Waals surface area contributed by atoms with Gasteiger partial charge in [-0.2, -0.15) is 5.26 Å². The highest BCUT2D eigenvalue weighted by atomic mass is 32.2. The summed E-state index contributed by atoms with van der Waals surface area (Å²) in [5.41, 5.74) is 1.77. The molecule has 0 saturated carbocycles. The molecule has 2 aromatic carbocycles. The molecule has 3 N–H and O–H groups in total. The van der Waals surface area contributed by atoms with Gasteiger partial charge in [0.05, 0.1) is 10.4 Å². The first-order chi connectivity index (χ1) is 13.8. The fraction of sp³-hybridized carbons (Fsp3) is 0.0526. The standard InChI is InChI=1S/C19H15N5O3S2/c1-12-6-8-13(9-7-12)29(26,27)14(10-20)11-21-19(28)24-23-17-15-4-2-3-5-16(15)22-18(17)25/h2-9,11,22,25H,1H3,(H,21,28)/b14-11+,24-23?. The van der Waals surface area contributed by atoms with Gasteiger partial charge in [0.25, 0.3) is 0 Å². The molecule has 10 heteroatoms. The number of hydrogen-bond acceptors (Lipinski definition) is 6. The number of azo groups is 1. The van der Waals surface area contributed by atoms with Crippen LogP contribution in [0.4, 0.5) is 5.69 Å². The first-order valence-corrected chi connectivity index (χ1v) is 10.2. The number of nitriles is 1. The first-order valence-electron chi connectivity index (χ1n) is 8.27. The molecule has 1 heterocycles. The maximum absolute atomic E-state index is 12.6. The van der Waals surface area contributed by atoms with Crippen molar-refractivity contribution >= 4 is 43.8 Å². The molecule has 0 amide bonds.